The zero-order valence-electron chi connectivity index (χ0n) is 7.35. The lowest BCUT2D eigenvalue weighted by Gasteiger charge is -2.13. The van der Waals surface area contributed by atoms with Crippen LogP contribution in [0.25, 0.3) is 0 Å². The molecule has 0 aliphatic carbocycles. The summed E-state index contributed by atoms with van der Waals surface area (Å²) in [5.41, 5.74) is 0. The van der Waals surface area contributed by atoms with Gasteiger partial charge in [-0.1, -0.05) is 0 Å². The monoisotopic (exact) mass is 209 g/mol. The van der Waals surface area contributed by atoms with Crippen molar-refractivity contribution in [3.8, 4) is 0 Å². The van der Waals surface area contributed by atoms with E-state index in [1.54, 1.807) is 0 Å². The lowest BCUT2D eigenvalue weighted by molar-refractivity contribution is -0.142. The summed E-state index contributed by atoms with van der Waals surface area (Å²) in [6, 6.07) is 0. The van der Waals surface area contributed by atoms with Gasteiger partial charge in [-0.2, -0.15) is 0 Å². The molecule has 0 fully saturated rings. The summed E-state index contributed by atoms with van der Waals surface area (Å²) < 4.78 is 21.3. The second kappa shape index (κ2) is 4.22. The zero-order valence-corrected chi connectivity index (χ0v) is 8.17. The van der Waals surface area contributed by atoms with Crippen LogP contribution in [-0.4, -0.2) is 55.9 Å². The minimum atomic E-state index is -3.39. The molecule has 0 spiro atoms. The fraction of sp³-hybridized carbons (Fsp3) is 0.667. The highest BCUT2D eigenvalue weighted by atomic mass is 32.2. The van der Waals surface area contributed by atoms with Crippen LogP contribution < -0.4 is 0 Å². The quantitative estimate of drug-likeness (QED) is 0.613. The van der Waals surface area contributed by atoms with Gasteiger partial charge in [-0.25, -0.2) is 8.42 Å². The minimum Gasteiger partial charge on any atom is -0.480 e. The molecule has 1 amide bonds. The van der Waals surface area contributed by atoms with Crippen molar-refractivity contribution in [2.24, 2.45) is 0 Å². The average Bonchev–Trinajstić information content (AvgIpc) is 1.81. The highest BCUT2D eigenvalue weighted by Gasteiger charge is 2.16. The Kier molecular flexibility index (Phi) is 3.86. The molecule has 0 rings (SSSR count). The average molecular weight is 209 g/mol. The van der Waals surface area contributed by atoms with Crippen LogP contribution in [0.2, 0.25) is 0 Å². The first-order valence-corrected chi connectivity index (χ1v) is 5.42. The molecule has 0 aromatic heterocycles. The van der Waals surface area contributed by atoms with Crippen LogP contribution in [0.1, 0.15) is 0 Å². The molecule has 0 atom stereocenters. The van der Waals surface area contributed by atoms with Crippen LogP contribution in [-0.2, 0) is 19.4 Å². The Morgan fingerprint density at radius 2 is 1.85 bits per heavy atom. The molecule has 13 heavy (non-hydrogen) atoms. The molecule has 1 N–H and O–H groups in total. The standard InChI is InChI=1S/C6H11NO5S/c1-7(3-6(9)10)5(8)4-13(2,11)12/h3-4H2,1-2H3,(H,9,10). The first kappa shape index (κ1) is 11.9. The second-order valence-corrected chi connectivity index (χ2v) is 4.85. The van der Waals surface area contributed by atoms with Crippen LogP contribution in [0.15, 0.2) is 0 Å². The van der Waals surface area contributed by atoms with Crippen molar-refractivity contribution in [2.45, 2.75) is 0 Å². The first-order valence-electron chi connectivity index (χ1n) is 3.36. The van der Waals surface area contributed by atoms with Gasteiger partial charge in [0, 0.05) is 13.3 Å². The number of hydrogen-bond donors (Lipinski definition) is 1. The lowest BCUT2D eigenvalue weighted by Crippen LogP contribution is -2.35. The molecule has 0 unspecified atom stereocenters. The number of hydrogen-bond acceptors (Lipinski definition) is 4. The number of rotatable bonds is 4. The largest absolute Gasteiger partial charge is 0.480 e. The molecule has 0 radical (unpaired) electrons. The summed E-state index contributed by atoms with van der Waals surface area (Å²) in [5.74, 6) is -2.55. The molecule has 0 aliphatic rings. The Hall–Kier alpha value is -1.11. The number of amides is 1. The third-order valence-corrected chi connectivity index (χ3v) is 1.96. The van der Waals surface area contributed by atoms with Gasteiger partial charge in [0.05, 0.1) is 0 Å². The van der Waals surface area contributed by atoms with E-state index in [1.807, 2.05) is 0 Å². The van der Waals surface area contributed by atoms with Crippen LogP contribution in [0, 0.1) is 0 Å². The fourth-order valence-electron chi connectivity index (χ4n) is 0.626. The maximum atomic E-state index is 11.0. The molecule has 0 heterocycles. The number of carboxylic acids is 1. The van der Waals surface area contributed by atoms with E-state index in [0.29, 0.717) is 0 Å². The Balaban J connectivity index is 4.21. The van der Waals surface area contributed by atoms with E-state index in [0.717, 1.165) is 11.2 Å². The number of carbonyl (C=O) groups is 2. The molecule has 0 bridgehead atoms. The van der Waals surface area contributed by atoms with Gasteiger partial charge in [0.15, 0.2) is 9.84 Å². The predicted molar refractivity (Wildman–Crippen MR) is 45.0 cm³/mol. The van der Waals surface area contributed by atoms with Gasteiger partial charge in [0.1, 0.15) is 12.3 Å². The van der Waals surface area contributed by atoms with Gasteiger partial charge < -0.3 is 10.0 Å². The van der Waals surface area contributed by atoms with Crippen molar-refractivity contribution < 1.29 is 23.1 Å². The third kappa shape index (κ3) is 6.09. The normalized spacial score (nSPS) is 10.9. The first-order chi connectivity index (χ1) is 5.72. The van der Waals surface area contributed by atoms with Crippen molar-refractivity contribution in [3.05, 3.63) is 0 Å². The number of sulfone groups is 1. The summed E-state index contributed by atoms with van der Waals surface area (Å²) in [4.78, 5) is 22.0. The number of carboxylic acid groups (broad SMARTS) is 1. The molecule has 0 saturated carbocycles. The smallest absolute Gasteiger partial charge is 0.323 e. The molecular formula is C6H11NO5S. The van der Waals surface area contributed by atoms with Crippen LogP contribution in [0.4, 0.5) is 0 Å². The van der Waals surface area contributed by atoms with Crippen molar-refractivity contribution in [1.29, 1.82) is 0 Å². The topological polar surface area (TPSA) is 91.8 Å². The van der Waals surface area contributed by atoms with Crippen molar-refractivity contribution in [2.75, 3.05) is 25.6 Å². The van der Waals surface area contributed by atoms with E-state index < -0.39 is 34.0 Å². The van der Waals surface area contributed by atoms with Crippen LogP contribution in [0.3, 0.4) is 0 Å². The van der Waals surface area contributed by atoms with Gasteiger partial charge >= 0.3 is 5.97 Å². The molecule has 7 heteroatoms. The summed E-state index contributed by atoms with van der Waals surface area (Å²) in [6.07, 6.45) is 0.916. The Morgan fingerprint density at radius 1 is 1.38 bits per heavy atom. The maximum Gasteiger partial charge on any atom is 0.323 e. The summed E-state index contributed by atoms with van der Waals surface area (Å²) in [7, 11) is -2.15. The maximum absolute atomic E-state index is 11.0. The minimum absolute atomic E-state index is 0.492. The van der Waals surface area contributed by atoms with E-state index in [-0.39, 0.29) is 0 Å². The molecule has 0 aromatic carbocycles. The van der Waals surface area contributed by atoms with E-state index >= 15 is 0 Å². The molecule has 0 saturated heterocycles. The molecular weight excluding hydrogens is 198 g/mol. The van der Waals surface area contributed by atoms with Gasteiger partial charge in [-0.3, -0.25) is 9.59 Å². The number of nitrogens with zero attached hydrogens (tertiary/aromatic N) is 1. The Morgan fingerprint density at radius 3 is 2.15 bits per heavy atom. The van der Waals surface area contributed by atoms with Crippen molar-refractivity contribution >= 4 is 21.7 Å². The molecule has 0 aromatic rings. The van der Waals surface area contributed by atoms with Gasteiger partial charge in [0.2, 0.25) is 5.91 Å². The molecule has 6 nitrogen and oxygen atoms in total. The van der Waals surface area contributed by atoms with Crippen molar-refractivity contribution in [3.63, 3.8) is 0 Å². The Labute approximate surface area is 76.1 Å². The summed E-state index contributed by atoms with van der Waals surface area (Å²) in [6.45, 7) is -0.492. The zero-order chi connectivity index (χ0) is 10.6. The fourth-order valence-corrected chi connectivity index (χ4v) is 1.29. The lowest BCUT2D eigenvalue weighted by atomic mass is 10.5. The van der Waals surface area contributed by atoms with Crippen molar-refractivity contribution in [1.82, 2.24) is 4.90 Å². The van der Waals surface area contributed by atoms with Gasteiger partial charge in [0.25, 0.3) is 0 Å². The summed E-state index contributed by atoms with van der Waals surface area (Å²) >= 11 is 0. The van der Waals surface area contributed by atoms with Gasteiger partial charge in [-0.05, 0) is 0 Å². The SMILES string of the molecule is CN(CC(=O)O)C(=O)CS(C)(=O)=O. The van der Waals surface area contributed by atoms with Gasteiger partial charge in [-0.15, -0.1) is 0 Å². The van der Waals surface area contributed by atoms with E-state index in [9.17, 15) is 18.0 Å². The van der Waals surface area contributed by atoms with Crippen LogP contribution >= 0.6 is 0 Å². The number of carbonyl (C=O) groups excluding carboxylic acids is 1. The third-order valence-electron chi connectivity index (χ3n) is 1.18. The van der Waals surface area contributed by atoms with E-state index in [1.165, 1.54) is 7.05 Å². The summed E-state index contributed by atoms with van der Waals surface area (Å²) in [5, 5.41) is 8.29. The number of likely N-dealkylation sites (N-methyl/N-ethyl adjacent to an activating group) is 1. The second-order valence-electron chi connectivity index (χ2n) is 2.71. The van der Waals surface area contributed by atoms with Crippen LogP contribution in [0.5, 0.6) is 0 Å². The highest BCUT2D eigenvalue weighted by molar-refractivity contribution is 7.91. The van der Waals surface area contributed by atoms with E-state index in [4.69, 9.17) is 5.11 Å². The van der Waals surface area contributed by atoms with E-state index in [2.05, 4.69) is 0 Å². The molecule has 76 valence electrons. The number of aliphatic carboxylic acids is 1. The molecule has 0 aliphatic heterocycles. The Bertz CT molecular complexity index is 307. The predicted octanol–water partition coefficient (Wildman–Crippen LogP) is -1.43. The highest BCUT2D eigenvalue weighted by Crippen LogP contribution is 1.90.